The zero-order valence-electron chi connectivity index (χ0n) is 18.6. The van der Waals surface area contributed by atoms with Crippen molar-refractivity contribution in [1.82, 2.24) is 9.97 Å². The van der Waals surface area contributed by atoms with E-state index in [1.807, 2.05) is 0 Å². The van der Waals surface area contributed by atoms with E-state index in [1.54, 1.807) is 19.1 Å². The molecule has 178 valence electrons. The molecule has 10 heteroatoms. The minimum Gasteiger partial charge on any atom is -0.477 e. The van der Waals surface area contributed by atoms with Crippen molar-refractivity contribution in [3.8, 4) is 17.0 Å². The van der Waals surface area contributed by atoms with Crippen LogP contribution in [-0.4, -0.2) is 52.1 Å². The van der Waals surface area contributed by atoms with E-state index in [0.717, 1.165) is 0 Å². The van der Waals surface area contributed by atoms with E-state index in [0.29, 0.717) is 72.4 Å². The van der Waals surface area contributed by atoms with Crippen LogP contribution in [0, 0.1) is 12.7 Å². The van der Waals surface area contributed by atoms with Gasteiger partial charge in [-0.15, -0.1) is 0 Å². The van der Waals surface area contributed by atoms with Gasteiger partial charge < -0.3 is 25.4 Å². The number of benzene rings is 1. The summed E-state index contributed by atoms with van der Waals surface area (Å²) in [5, 5.41) is 21.3. The standard InChI is InChI=1S/C24H25FN4O5/c1-12-16(10-28-23-20(12)18(30)4-7-34-23)15-8-13-9-19(27-11-17(13)22(26)21(15)25)29(24(31)32)14-2-5-33-6-3-14/h8-11,14,18,30H,2-7,26H2,1H3,(H,31,32)/t18-/m0/s1. The van der Waals surface area contributed by atoms with Gasteiger partial charge in [0.1, 0.15) is 5.82 Å². The van der Waals surface area contributed by atoms with Crippen molar-refractivity contribution < 1.29 is 28.9 Å². The van der Waals surface area contributed by atoms with E-state index in [4.69, 9.17) is 15.2 Å². The number of hydrogen-bond acceptors (Lipinski definition) is 7. The third-order valence-corrected chi connectivity index (χ3v) is 6.60. The second-order valence-electron chi connectivity index (χ2n) is 8.58. The predicted octanol–water partition coefficient (Wildman–Crippen LogP) is 3.81. The summed E-state index contributed by atoms with van der Waals surface area (Å²) < 4.78 is 26.3. The van der Waals surface area contributed by atoms with Crippen molar-refractivity contribution in [3.63, 3.8) is 0 Å². The molecular formula is C24H25FN4O5. The average Bonchev–Trinajstić information content (AvgIpc) is 2.82. The van der Waals surface area contributed by atoms with Gasteiger partial charge in [-0.3, -0.25) is 4.90 Å². The first-order chi connectivity index (χ1) is 16.4. The van der Waals surface area contributed by atoms with Crippen LogP contribution in [0.25, 0.3) is 21.9 Å². The van der Waals surface area contributed by atoms with Crippen LogP contribution in [0.5, 0.6) is 5.88 Å². The summed E-state index contributed by atoms with van der Waals surface area (Å²) in [6.07, 6.45) is 2.59. The molecule has 0 aliphatic carbocycles. The molecular weight excluding hydrogens is 443 g/mol. The molecule has 1 amide bonds. The fourth-order valence-corrected chi connectivity index (χ4v) is 4.78. The maximum atomic E-state index is 15.4. The van der Waals surface area contributed by atoms with Gasteiger partial charge in [0.05, 0.1) is 18.4 Å². The lowest BCUT2D eigenvalue weighted by atomic mass is 9.92. The number of aliphatic hydroxyl groups excluding tert-OH is 1. The summed E-state index contributed by atoms with van der Waals surface area (Å²) in [6, 6.07) is 2.96. The van der Waals surface area contributed by atoms with Gasteiger partial charge in [0.15, 0.2) is 5.82 Å². The highest BCUT2D eigenvalue weighted by molar-refractivity contribution is 5.99. The van der Waals surface area contributed by atoms with Gasteiger partial charge >= 0.3 is 6.09 Å². The number of pyridine rings is 2. The number of anilines is 2. The number of hydrogen-bond donors (Lipinski definition) is 3. The number of rotatable bonds is 3. The van der Waals surface area contributed by atoms with Gasteiger partial charge in [0.2, 0.25) is 5.88 Å². The van der Waals surface area contributed by atoms with Crippen molar-refractivity contribution in [2.24, 2.45) is 0 Å². The minimum atomic E-state index is -1.11. The Morgan fingerprint density at radius 3 is 2.65 bits per heavy atom. The van der Waals surface area contributed by atoms with Gasteiger partial charge in [0, 0.05) is 60.1 Å². The molecule has 1 saturated heterocycles. The summed E-state index contributed by atoms with van der Waals surface area (Å²) in [4.78, 5) is 21.9. The molecule has 0 radical (unpaired) electrons. The van der Waals surface area contributed by atoms with Crippen molar-refractivity contribution in [3.05, 3.63) is 41.5 Å². The van der Waals surface area contributed by atoms with Crippen LogP contribution in [0.1, 0.15) is 36.5 Å². The van der Waals surface area contributed by atoms with Crippen LogP contribution in [-0.2, 0) is 4.74 Å². The van der Waals surface area contributed by atoms with Gasteiger partial charge in [0.25, 0.3) is 0 Å². The third-order valence-electron chi connectivity index (χ3n) is 6.60. The third kappa shape index (κ3) is 3.68. The molecule has 1 atom stereocenters. The summed E-state index contributed by atoms with van der Waals surface area (Å²) in [5.74, 6) is -0.0418. The molecule has 0 bridgehead atoms. The van der Waals surface area contributed by atoms with Gasteiger partial charge in [-0.05, 0) is 42.8 Å². The monoisotopic (exact) mass is 468 g/mol. The molecule has 2 aliphatic heterocycles. The average molecular weight is 468 g/mol. The maximum Gasteiger partial charge on any atom is 0.413 e. The first-order valence-electron chi connectivity index (χ1n) is 11.1. The van der Waals surface area contributed by atoms with E-state index in [2.05, 4.69) is 9.97 Å². The SMILES string of the molecule is Cc1c(-c2cc3cc(N(C(=O)O)C4CCOCC4)ncc3c(N)c2F)cnc2c1[C@@H](O)CCO2. The van der Waals surface area contributed by atoms with Gasteiger partial charge in [-0.25, -0.2) is 19.2 Å². The van der Waals surface area contributed by atoms with Crippen LogP contribution >= 0.6 is 0 Å². The number of carboxylic acid groups (broad SMARTS) is 1. The van der Waals surface area contributed by atoms with Crippen molar-refractivity contribution >= 4 is 28.4 Å². The Kier molecular flexibility index (Phi) is 5.70. The minimum absolute atomic E-state index is 0.0894. The molecule has 1 fully saturated rings. The Balaban J connectivity index is 1.64. The lowest BCUT2D eigenvalue weighted by Gasteiger charge is -2.31. The number of aliphatic hydroxyl groups is 1. The normalized spacial score (nSPS) is 18.4. The van der Waals surface area contributed by atoms with Crippen LogP contribution in [0.3, 0.4) is 0 Å². The molecule has 0 saturated carbocycles. The maximum absolute atomic E-state index is 15.4. The van der Waals surface area contributed by atoms with Crippen molar-refractivity contribution in [2.75, 3.05) is 30.5 Å². The molecule has 5 rings (SSSR count). The van der Waals surface area contributed by atoms with E-state index in [1.165, 1.54) is 17.3 Å². The largest absolute Gasteiger partial charge is 0.477 e. The lowest BCUT2D eigenvalue weighted by Crippen LogP contribution is -2.43. The molecule has 4 heterocycles. The Morgan fingerprint density at radius 2 is 1.91 bits per heavy atom. The smallest absolute Gasteiger partial charge is 0.413 e. The van der Waals surface area contributed by atoms with Gasteiger partial charge in [-0.2, -0.15) is 0 Å². The Bertz CT molecular complexity index is 1280. The predicted molar refractivity (Wildman–Crippen MR) is 123 cm³/mol. The summed E-state index contributed by atoms with van der Waals surface area (Å²) in [7, 11) is 0. The molecule has 1 aromatic carbocycles. The first-order valence-corrected chi connectivity index (χ1v) is 11.1. The molecule has 34 heavy (non-hydrogen) atoms. The number of fused-ring (bicyclic) bond motifs is 2. The molecule has 3 aromatic rings. The number of nitrogens with zero attached hydrogens (tertiary/aromatic N) is 3. The first kappa shape index (κ1) is 22.3. The molecule has 2 aromatic heterocycles. The highest BCUT2D eigenvalue weighted by atomic mass is 19.1. The number of aromatic nitrogens is 2. The second-order valence-corrected chi connectivity index (χ2v) is 8.58. The zero-order valence-corrected chi connectivity index (χ0v) is 18.6. The highest BCUT2D eigenvalue weighted by Crippen LogP contribution is 2.41. The van der Waals surface area contributed by atoms with Crippen LogP contribution in [0.4, 0.5) is 20.7 Å². The van der Waals surface area contributed by atoms with E-state index >= 15 is 4.39 Å². The lowest BCUT2D eigenvalue weighted by molar-refractivity contribution is 0.0836. The molecule has 4 N–H and O–H groups in total. The number of nitrogen functional groups attached to an aromatic ring is 1. The highest BCUT2D eigenvalue weighted by Gasteiger charge is 2.29. The Labute approximate surface area is 194 Å². The number of ether oxygens (including phenoxy) is 2. The number of halogens is 1. The van der Waals surface area contributed by atoms with Crippen LogP contribution < -0.4 is 15.4 Å². The summed E-state index contributed by atoms with van der Waals surface area (Å²) >= 11 is 0. The Morgan fingerprint density at radius 1 is 1.15 bits per heavy atom. The quantitative estimate of drug-likeness (QED) is 0.495. The van der Waals surface area contributed by atoms with Crippen molar-refractivity contribution in [2.45, 2.75) is 38.3 Å². The molecule has 0 unspecified atom stereocenters. The van der Waals surface area contributed by atoms with Gasteiger partial charge in [-0.1, -0.05) is 0 Å². The molecule has 9 nitrogen and oxygen atoms in total. The second kappa shape index (κ2) is 8.69. The zero-order chi connectivity index (χ0) is 24.0. The van der Waals surface area contributed by atoms with Crippen LogP contribution in [0.15, 0.2) is 24.5 Å². The topological polar surface area (TPSA) is 131 Å². The van der Waals surface area contributed by atoms with Crippen LogP contribution in [0.2, 0.25) is 0 Å². The summed E-state index contributed by atoms with van der Waals surface area (Å²) in [6.45, 7) is 3.10. The molecule has 0 spiro atoms. The Hall–Kier alpha value is -3.50. The fraction of sp³-hybridized carbons (Fsp3) is 0.375. The van der Waals surface area contributed by atoms with E-state index in [-0.39, 0.29) is 23.1 Å². The number of amides is 1. The number of nitrogens with two attached hydrogens (primary N) is 1. The van der Waals surface area contributed by atoms with E-state index < -0.39 is 18.0 Å². The van der Waals surface area contributed by atoms with E-state index in [9.17, 15) is 15.0 Å². The van der Waals surface area contributed by atoms with Crippen molar-refractivity contribution in [1.29, 1.82) is 0 Å². The number of carbonyl (C=O) groups is 1. The molecule has 2 aliphatic rings. The fourth-order valence-electron chi connectivity index (χ4n) is 4.78. The summed E-state index contributed by atoms with van der Waals surface area (Å²) in [5.41, 5.74) is 7.93.